The van der Waals surface area contributed by atoms with Crippen molar-refractivity contribution < 1.29 is 9.59 Å². The van der Waals surface area contributed by atoms with E-state index >= 15 is 0 Å². The number of nitrogens with zero attached hydrogens (tertiary/aromatic N) is 2. The smallest absolute Gasteiger partial charge is 0.279 e. The average molecular weight is 461 g/mol. The van der Waals surface area contributed by atoms with Gasteiger partial charge in [0.25, 0.3) is 17.4 Å². The van der Waals surface area contributed by atoms with E-state index in [-0.39, 0.29) is 22.2 Å². The summed E-state index contributed by atoms with van der Waals surface area (Å²) in [6, 6.07) is 20.4. The summed E-state index contributed by atoms with van der Waals surface area (Å²) in [4.78, 5) is 38.4. The number of carbonyl (C=O) groups excluding carboxylic acids is 2. The van der Waals surface area contributed by atoms with Crippen molar-refractivity contribution in [3.05, 3.63) is 99.4 Å². The highest BCUT2D eigenvalue weighted by molar-refractivity contribution is 6.34. The number of hydrogen-bond acceptors (Lipinski definition) is 4. The first-order valence-corrected chi connectivity index (χ1v) is 10.8. The van der Waals surface area contributed by atoms with Crippen molar-refractivity contribution in [1.82, 2.24) is 15.1 Å². The van der Waals surface area contributed by atoms with Crippen molar-refractivity contribution in [1.29, 1.82) is 0 Å². The molecule has 0 atom stereocenters. The molecule has 0 fully saturated rings. The first kappa shape index (κ1) is 22.2. The van der Waals surface area contributed by atoms with Gasteiger partial charge in [-0.2, -0.15) is 9.78 Å². The van der Waals surface area contributed by atoms with Crippen LogP contribution in [-0.2, 0) is 0 Å². The zero-order valence-electron chi connectivity index (χ0n) is 17.8. The fraction of sp³-hybridized carbons (Fsp3) is 0.120. The largest absolute Gasteiger partial charge is 0.352 e. The van der Waals surface area contributed by atoms with Crippen LogP contribution < -0.4 is 16.2 Å². The Bertz CT molecular complexity index is 1400. The molecule has 2 N–H and O–H groups in total. The van der Waals surface area contributed by atoms with Gasteiger partial charge in [-0.05, 0) is 42.8 Å². The molecule has 0 saturated carbocycles. The minimum atomic E-state index is -0.505. The summed E-state index contributed by atoms with van der Waals surface area (Å²) < 4.78 is 1.21. The van der Waals surface area contributed by atoms with Gasteiger partial charge in [0, 0.05) is 17.6 Å². The predicted molar refractivity (Wildman–Crippen MR) is 129 cm³/mol. The first-order chi connectivity index (χ1) is 16.0. The van der Waals surface area contributed by atoms with E-state index in [4.69, 9.17) is 11.6 Å². The fourth-order valence-electron chi connectivity index (χ4n) is 3.40. The number of halogens is 1. The second-order valence-electron chi connectivity index (χ2n) is 7.35. The van der Waals surface area contributed by atoms with Gasteiger partial charge in [0.2, 0.25) is 0 Å². The van der Waals surface area contributed by atoms with Crippen LogP contribution in [-0.4, -0.2) is 28.1 Å². The zero-order chi connectivity index (χ0) is 23.4. The number of rotatable bonds is 6. The summed E-state index contributed by atoms with van der Waals surface area (Å²) >= 11 is 6.28. The van der Waals surface area contributed by atoms with Crippen LogP contribution >= 0.6 is 11.6 Å². The van der Waals surface area contributed by atoms with E-state index in [2.05, 4.69) is 15.7 Å². The van der Waals surface area contributed by atoms with E-state index in [1.165, 1.54) is 10.7 Å². The molecule has 1 heterocycles. The summed E-state index contributed by atoms with van der Waals surface area (Å²) in [5.41, 5.74) is 1.05. The molecule has 8 heteroatoms. The van der Waals surface area contributed by atoms with E-state index in [1.807, 2.05) is 13.0 Å². The standard InChI is InChI=1S/C25H21ClN4O3/c1-2-14-27-23(31)20-13-12-16(15-21(20)26)28-24(32)22-18-10-6-7-11-19(18)25(33)30(29-22)17-8-4-3-5-9-17/h3-13,15H,2,14H2,1H3,(H,27,31)(H,28,32). The van der Waals surface area contributed by atoms with Crippen LogP contribution in [0.2, 0.25) is 5.02 Å². The van der Waals surface area contributed by atoms with Gasteiger partial charge >= 0.3 is 0 Å². The van der Waals surface area contributed by atoms with E-state index in [9.17, 15) is 14.4 Å². The van der Waals surface area contributed by atoms with Crippen molar-refractivity contribution >= 4 is 39.9 Å². The van der Waals surface area contributed by atoms with Gasteiger partial charge in [-0.15, -0.1) is 0 Å². The van der Waals surface area contributed by atoms with Crippen molar-refractivity contribution in [3.8, 4) is 5.69 Å². The molecule has 0 aliphatic carbocycles. The maximum atomic E-state index is 13.2. The van der Waals surface area contributed by atoms with Gasteiger partial charge in [0.15, 0.2) is 5.69 Å². The second kappa shape index (κ2) is 9.67. The molecule has 0 saturated heterocycles. The SMILES string of the molecule is CCCNC(=O)c1ccc(NC(=O)c2nn(-c3ccccc3)c(=O)c3ccccc23)cc1Cl. The van der Waals surface area contributed by atoms with E-state index < -0.39 is 5.91 Å². The highest BCUT2D eigenvalue weighted by Crippen LogP contribution is 2.22. The van der Waals surface area contributed by atoms with Gasteiger partial charge in [0.05, 0.1) is 21.7 Å². The van der Waals surface area contributed by atoms with Crippen molar-refractivity contribution in [2.45, 2.75) is 13.3 Å². The second-order valence-corrected chi connectivity index (χ2v) is 7.76. The van der Waals surface area contributed by atoms with Gasteiger partial charge in [0.1, 0.15) is 0 Å². The summed E-state index contributed by atoms with van der Waals surface area (Å²) in [6.45, 7) is 2.50. The zero-order valence-corrected chi connectivity index (χ0v) is 18.6. The fourth-order valence-corrected chi connectivity index (χ4v) is 3.67. The first-order valence-electron chi connectivity index (χ1n) is 10.5. The third-order valence-electron chi connectivity index (χ3n) is 5.03. The number of carbonyl (C=O) groups is 2. The highest BCUT2D eigenvalue weighted by atomic mass is 35.5. The van der Waals surface area contributed by atoms with Crippen LogP contribution in [0.1, 0.15) is 34.2 Å². The number of anilines is 1. The van der Waals surface area contributed by atoms with Crippen LogP contribution in [0.25, 0.3) is 16.5 Å². The highest BCUT2D eigenvalue weighted by Gasteiger charge is 2.18. The minimum Gasteiger partial charge on any atom is -0.352 e. The Morgan fingerprint density at radius 2 is 1.64 bits per heavy atom. The van der Waals surface area contributed by atoms with E-state index in [0.29, 0.717) is 34.3 Å². The number of benzene rings is 3. The molecule has 2 amide bonds. The lowest BCUT2D eigenvalue weighted by Gasteiger charge is -2.12. The maximum absolute atomic E-state index is 13.2. The Labute approximate surface area is 195 Å². The molecule has 3 aromatic carbocycles. The van der Waals surface area contributed by atoms with Crippen LogP contribution in [0.3, 0.4) is 0 Å². The number of fused-ring (bicyclic) bond motifs is 1. The van der Waals surface area contributed by atoms with E-state index in [1.54, 1.807) is 60.7 Å². The number of hydrogen-bond donors (Lipinski definition) is 2. The average Bonchev–Trinajstić information content (AvgIpc) is 2.83. The molecular weight excluding hydrogens is 440 g/mol. The van der Waals surface area contributed by atoms with Crippen molar-refractivity contribution in [2.24, 2.45) is 0 Å². The Morgan fingerprint density at radius 1 is 0.939 bits per heavy atom. The Balaban J connectivity index is 1.70. The molecule has 4 aromatic rings. The Morgan fingerprint density at radius 3 is 2.33 bits per heavy atom. The molecule has 0 aliphatic rings. The van der Waals surface area contributed by atoms with Gasteiger partial charge < -0.3 is 10.6 Å². The van der Waals surface area contributed by atoms with Crippen molar-refractivity contribution in [3.63, 3.8) is 0 Å². The van der Waals surface area contributed by atoms with Gasteiger partial charge in [-0.25, -0.2) is 0 Å². The maximum Gasteiger partial charge on any atom is 0.279 e. The minimum absolute atomic E-state index is 0.0925. The third-order valence-corrected chi connectivity index (χ3v) is 5.34. The monoisotopic (exact) mass is 460 g/mol. The lowest BCUT2D eigenvalue weighted by Crippen LogP contribution is -2.26. The Kier molecular flexibility index (Phi) is 6.51. The van der Waals surface area contributed by atoms with Crippen LogP contribution in [0.4, 0.5) is 5.69 Å². The van der Waals surface area contributed by atoms with Gasteiger partial charge in [-0.3, -0.25) is 14.4 Å². The third kappa shape index (κ3) is 4.63. The molecule has 0 bridgehead atoms. The lowest BCUT2D eigenvalue weighted by atomic mass is 10.1. The number of aromatic nitrogens is 2. The lowest BCUT2D eigenvalue weighted by molar-refractivity contribution is 0.0953. The summed E-state index contributed by atoms with van der Waals surface area (Å²) in [5, 5.41) is 10.9. The molecule has 0 aliphatic heterocycles. The summed E-state index contributed by atoms with van der Waals surface area (Å²) in [5.74, 6) is -0.780. The molecule has 7 nitrogen and oxygen atoms in total. The molecule has 1 aromatic heterocycles. The molecule has 4 rings (SSSR count). The number of amides is 2. The topological polar surface area (TPSA) is 93.1 Å². The van der Waals surface area contributed by atoms with Gasteiger partial charge in [-0.1, -0.05) is 54.9 Å². The Hall–Kier alpha value is -3.97. The molecule has 33 heavy (non-hydrogen) atoms. The number of para-hydroxylation sites is 1. The summed E-state index contributed by atoms with van der Waals surface area (Å²) in [6.07, 6.45) is 0.809. The molecule has 0 spiro atoms. The molecule has 166 valence electrons. The summed E-state index contributed by atoms with van der Waals surface area (Å²) in [7, 11) is 0. The quantitative estimate of drug-likeness (QED) is 0.445. The van der Waals surface area contributed by atoms with Crippen LogP contribution in [0.15, 0.2) is 77.6 Å². The molecular formula is C25H21ClN4O3. The van der Waals surface area contributed by atoms with Crippen LogP contribution in [0, 0.1) is 0 Å². The number of nitrogens with one attached hydrogen (secondary N) is 2. The normalized spacial score (nSPS) is 10.7. The molecule has 0 radical (unpaired) electrons. The predicted octanol–water partition coefficient (Wildman–Crippen LogP) is 4.43. The van der Waals surface area contributed by atoms with Crippen LogP contribution in [0.5, 0.6) is 0 Å². The van der Waals surface area contributed by atoms with E-state index in [0.717, 1.165) is 6.42 Å². The van der Waals surface area contributed by atoms with Crippen molar-refractivity contribution in [2.75, 3.05) is 11.9 Å². The molecule has 0 unspecified atom stereocenters.